The highest BCUT2D eigenvalue weighted by Crippen LogP contribution is 2.21. The van der Waals surface area contributed by atoms with Crippen LogP contribution in [0.2, 0.25) is 5.02 Å². The van der Waals surface area contributed by atoms with Crippen molar-refractivity contribution in [1.82, 2.24) is 9.21 Å². The van der Waals surface area contributed by atoms with Crippen LogP contribution in [-0.2, 0) is 16.6 Å². The molecule has 1 aliphatic heterocycles. The summed E-state index contributed by atoms with van der Waals surface area (Å²) in [4.78, 5) is 13.8. The number of aryl methyl sites for hydroxylation is 1. The van der Waals surface area contributed by atoms with E-state index in [0.29, 0.717) is 37.0 Å². The first kappa shape index (κ1) is 18.9. The van der Waals surface area contributed by atoms with Crippen molar-refractivity contribution in [1.29, 1.82) is 0 Å². The molecule has 0 saturated carbocycles. The van der Waals surface area contributed by atoms with Crippen LogP contribution < -0.4 is 5.43 Å². The maximum absolute atomic E-state index is 12.7. The second-order valence-corrected chi connectivity index (χ2v) is 8.50. The summed E-state index contributed by atoms with van der Waals surface area (Å²) in [6, 6.07) is 7.31. The molecule has 0 radical (unpaired) electrons. The Bertz CT molecular complexity index is 948. The first-order valence-corrected chi connectivity index (χ1v) is 9.90. The molecular weight excluding hydrogens is 380 g/mol. The number of nitrogens with zero attached hydrogens (tertiary/aromatic N) is 2. The third kappa shape index (κ3) is 3.93. The zero-order valence-corrected chi connectivity index (χ0v) is 15.8. The molecule has 0 spiro atoms. The molecule has 1 saturated heterocycles. The molecule has 1 aromatic heterocycles. The first-order valence-electron chi connectivity index (χ1n) is 8.08. The molecule has 1 aromatic carbocycles. The molecule has 1 aliphatic rings. The van der Waals surface area contributed by atoms with Gasteiger partial charge in [0.1, 0.15) is 5.76 Å². The van der Waals surface area contributed by atoms with Crippen LogP contribution in [0.1, 0.15) is 11.5 Å². The van der Waals surface area contributed by atoms with Crippen molar-refractivity contribution in [2.24, 2.45) is 0 Å². The lowest BCUT2D eigenvalue weighted by atomic mass is 10.2. The molecule has 26 heavy (non-hydrogen) atoms. The zero-order chi connectivity index (χ0) is 18.9. The highest BCUT2D eigenvalue weighted by atomic mass is 35.5. The highest BCUT2D eigenvalue weighted by molar-refractivity contribution is 7.89. The van der Waals surface area contributed by atoms with Crippen LogP contribution in [0, 0.1) is 6.92 Å². The number of hydrogen-bond acceptors (Lipinski definition) is 6. The minimum Gasteiger partial charge on any atom is -0.502 e. The fourth-order valence-corrected chi connectivity index (χ4v) is 4.40. The second kappa shape index (κ2) is 7.40. The van der Waals surface area contributed by atoms with Gasteiger partial charge in [-0.3, -0.25) is 9.69 Å². The largest absolute Gasteiger partial charge is 0.502 e. The van der Waals surface area contributed by atoms with E-state index in [1.54, 1.807) is 19.1 Å². The quantitative estimate of drug-likeness (QED) is 0.844. The molecule has 2 heterocycles. The monoisotopic (exact) mass is 398 g/mol. The average molecular weight is 399 g/mol. The van der Waals surface area contributed by atoms with Crippen LogP contribution in [0.3, 0.4) is 0 Å². The lowest BCUT2D eigenvalue weighted by Gasteiger charge is -2.33. The van der Waals surface area contributed by atoms with Gasteiger partial charge in [0.15, 0.2) is 5.76 Å². The number of benzene rings is 1. The highest BCUT2D eigenvalue weighted by Gasteiger charge is 2.29. The Morgan fingerprint density at radius 3 is 2.38 bits per heavy atom. The van der Waals surface area contributed by atoms with Gasteiger partial charge in [0, 0.05) is 37.3 Å². The Morgan fingerprint density at radius 1 is 1.15 bits per heavy atom. The summed E-state index contributed by atoms with van der Waals surface area (Å²) in [5, 5.41) is 10.3. The van der Waals surface area contributed by atoms with E-state index in [1.807, 2.05) is 4.90 Å². The molecule has 0 atom stereocenters. The number of halogens is 1. The van der Waals surface area contributed by atoms with Gasteiger partial charge in [0.2, 0.25) is 21.2 Å². The molecule has 1 fully saturated rings. The number of aromatic hydroxyl groups is 1. The van der Waals surface area contributed by atoms with Gasteiger partial charge in [-0.15, -0.1) is 0 Å². The number of sulfonamides is 1. The van der Waals surface area contributed by atoms with Crippen molar-refractivity contribution in [2.75, 3.05) is 26.2 Å². The lowest BCUT2D eigenvalue weighted by molar-refractivity contribution is 0.166. The summed E-state index contributed by atoms with van der Waals surface area (Å²) >= 11 is 5.81. The predicted octanol–water partition coefficient (Wildman–Crippen LogP) is 1.81. The zero-order valence-electron chi connectivity index (χ0n) is 14.2. The van der Waals surface area contributed by atoms with Gasteiger partial charge in [0.25, 0.3) is 0 Å². The van der Waals surface area contributed by atoms with Crippen LogP contribution in [0.4, 0.5) is 0 Å². The number of rotatable bonds is 4. The van der Waals surface area contributed by atoms with E-state index in [0.717, 1.165) is 0 Å². The smallest absolute Gasteiger partial charge is 0.243 e. The van der Waals surface area contributed by atoms with E-state index in [-0.39, 0.29) is 17.2 Å². The first-order chi connectivity index (χ1) is 12.3. The average Bonchev–Trinajstić information content (AvgIpc) is 2.60. The Balaban J connectivity index is 1.68. The van der Waals surface area contributed by atoms with Crippen molar-refractivity contribution in [2.45, 2.75) is 18.4 Å². The normalized spacial score (nSPS) is 16.7. The Hall–Kier alpha value is -1.87. The molecule has 0 aliphatic carbocycles. The van der Waals surface area contributed by atoms with E-state index in [4.69, 9.17) is 16.0 Å². The fraction of sp³-hybridized carbons (Fsp3) is 0.353. The Labute approximate surface area is 156 Å². The van der Waals surface area contributed by atoms with Crippen molar-refractivity contribution in [3.05, 3.63) is 57.1 Å². The standard InChI is InChI=1S/C17H19ClN2O5S/c1-12-10-15(21)17(22)16(25-12)11-19-6-8-20(9-7-19)26(23,24)14-4-2-13(18)3-5-14/h2-5,10,22H,6-9,11H2,1H3. The summed E-state index contributed by atoms with van der Waals surface area (Å²) in [5.74, 6) is 0.225. The van der Waals surface area contributed by atoms with Crippen molar-refractivity contribution in [3.63, 3.8) is 0 Å². The van der Waals surface area contributed by atoms with E-state index in [2.05, 4.69) is 0 Å². The molecule has 2 aromatic rings. The molecule has 0 bridgehead atoms. The Morgan fingerprint density at radius 2 is 1.77 bits per heavy atom. The third-order valence-corrected chi connectivity index (χ3v) is 6.43. The molecule has 0 unspecified atom stereocenters. The minimum atomic E-state index is -3.57. The van der Waals surface area contributed by atoms with Gasteiger partial charge in [0.05, 0.1) is 11.4 Å². The van der Waals surface area contributed by atoms with Crippen molar-refractivity contribution in [3.8, 4) is 5.75 Å². The summed E-state index contributed by atoms with van der Waals surface area (Å²) in [6.07, 6.45) is 0. The lowest BCUT2D eigenvalue weighted by Crippen LogP contribution is -2.48. The van der Waals surface area contributed by atoms with Crippen molar-refractivity contribution >= 4 is 21.6 Å². The molecule has 0 amide bonds. The molecule has 140 valence electrons. The predicted molar refractivity (Wildman–Crippen MR) is 96.9 cm³/mol. The van der Waals surface area contributed by atoms with E-state index in [1.165, 1.54) is 22.5 Å². The van der Waals surface area contributed by atoms with Crippen molar-refractivity contribution < 1.29 is 17.9 Å². The molecule has 1 N–H and O–H groups in total. The summed E-state index contributed by atoms with van der Waals surface area (Å²) < 4.78 is 32.2. The number of hydrogen-bond donors (Lipinski definition) is 1. The van der Waals surface area contributed by atoms with Gasteiger partial charge in [-0.2, -0.15) is 4.31 Å². The van der Waals surface area contributed by atoms with Gasteiger partial charge in [-0.25, -0.2) is 8.42 Å². The van der Waals surface area contributed by atoms with E-state index < -0.39 is 21.2 Å². The third-order valence-electron chi connectivity index (χ3n) is 4.27. The Kier molecular flexibility index (Phi) is 5.38. The van der Waals surface area contributed by atoms with Gasteiger partial charge in [-0.05, 0) is 31.2 Å². The number of piperazine rings is 1. The molecule has 7 nitrogen and oxygen atoms in total. The maximum Gasteiger partial charge on any atom is 0.243 e. The summed E-state index contributed by atoms with van der Waals surface area (Å²) in [6.45, 7) is 3.43. The second-order valence-electron chi connectivity index (χ2n) is 6.13. The van der Waals surface area contributed by atoms with Gasteiger partial charge in [-0.1, -0.05) is 11.6 Å². The topological polar surface area (TPSA) is 91.1 Å². The fourth-order valence-electron chi connectivity index (χ4n) is 2.86. The van der Waals surface area contributed by atoms with Crippen LogP contribution in [0.15, 0.2) is 44.4 Å². The van der Waals surface area contributed by atoms with Gasteiger partial charge >= 0.3 is 0 Å². The molecular formula is C17H19ClN2O5S. The maximum atomic E-state index is 12.7. The van der Waals surface area contributed by atoms with E-state index >= 15 is 0 Å². The molecule has 3 rings (SSSR count). The summed E-state index contributed by atoms with van der Waals surface area (Å²) in [7, 11) is -3.57. The molecule has 9 heteroatoms. The van der Waals surface area contributed by atoms with Crippen LogP contribution in [0.5, 0.6) is 5.75 Å². The van der Waals surface area contributed by atoms with E-state index in [9.17, 15) is 18.3 Å². The SMILES string of the molecule is Cc1cc(=O)c(O)c(CN2CCN(S(=O)(=O)c3ccc(Cl)cc3)CC2)o1. The van der Waals surface area contributed by atoms with Crippen LogP contribution >= 0.6 is 11.6 Å². The summed E-state index contributed by atoms with van der Waals surface area (Å²) in [5.41, 5.74) is -0.479. The van der Waals surface area contributed by atoms with Gasteiger partial charge < -0.3 is 9.52 Å². The van der Waals surface area contributed by atoms with Crippen LogP contribution in [0.25, 0.3) is 0 Å². The van der Waals surface area contributed by atoms with Crippen LogP contribution in [-0.4, -0.2) is 48.9 Å². The minimum absolute atomic E-state index is 0.198.